The van der Waals surface area contributed by atoms with E-state index in [0.29, 0.717) is 19.4 Å². The number of rotatable bonds is 5. The third kappa shape index (κ3) is 5.72. The highest BCUT2D eigenvalue weighted by molar-refractivity contribution is 5.92. The van der Waals surface area contributed by atoms with Crippen molar-refractivity contribution in [2.75, 3.05) is 6.54 Å². The van der Waals surface area contributed by atoms with E-state index in [4.69, 9.17) is 0 Å². The van der Waals surface area contributed by atoms with Crippen molar-refractivity contribution in [3.63, 3.8) is 0 Å². The minimum Gasteiger partial charge on any atom is -0.352 e. The zero-order valence-electron chi connectivity index (χ0n) is 15.7. The smallest absolute Gasteiger partial charge is 0.245 e. The van der Waals surface area contributed by atoms with Gasteiger partial charge >= 0.3 is 0 Å². The lowest BCUT2D eigenvalue weighted by Gasteiger charge is -2.29. The molecule has 0 spiro atoms. The van der Waals surface area contributed by atoms with Crippen LogP contribution in [-0.4, -0.2) is 47.3 Å². The Hall–Kier alpha value is -1.59. The Balaban J connectivity index is 1.91. The summed E-state index contributed by atoms with van der Waals surface area (Å²) in [4.78, 5) is 38.5. The van der Waals surface area contributed by atoms with Crippen molar-refractivity contribution in [1.29, 1.82) is 0 Å². The molecular formula is C19H33N3O3. The minimum atomic E-state index is -0.581. The zero-order valence-corrected chi connectivity index (χ0v) is 15.7. The summed E-state index contributed by atoms with van der Waals surface area (Å²) in [6.45, 7) is 4.04. The van der Waals surface area contributed by atoms with E-state index in [-0.39, 0.29) is 29.8 Å². The molecule has 0 aromatic carbocycles. The molecule has 2 aliphatic rings. The van der Waals surface area contributed by atoms with Crippen molar-refractivity contribution in [1.82, 2.24) is 15.5 Å². The summed E-state index contributed by atoms with van der Waals surface area (Å²) < 4.78 is 0. The van der Waals surface area contributed by atoms with E-state index in [0.717, 1.165) is 19.3 Å². The van der Waals surface area contributed by atoms with Crippen LogP contribution in [0.25, 0.3) is 0 Å². The Labute approximate surface area is 151 Å². The summed E-state index contributed by atoms with van der Waals surface area (Å²) in [6.07, 6.45) is 10.1. The van der Waals surface area contributed by atoms with E-state index >= 15 is 0 Å². The molecular weight excluding hydrogens is 318 g/mol. The SMILES string of the molecule is CCC(=O)N[C@@H](C)C(=O)N1CCC[C@H]1C(=O)NC1CCCCCCC1. The topological polar surface area (TPSA) is 78.5 Å². The van der Waals surface area contributed by atoms with Crippen LogP contribution in [-0.2, 0) is 14.4 Å². The molecule has 6 heteroatoms. The molecule has 1 saturated carbocycles. The van der Waals surface area contributed by atoms with Crippen molar-refractivity contribution in [3.05, 3.63) is 0 Å². The summed E-state index contributed by atoms with van der Waals surface area (Å²) in [7, 11) is 0. The first-order valence-corrected chi connectivity index (χ1v) is 9.93. The third-order valence-electron chi connectivity index (χ3n) is 5.36. The van der Waals surface area contributed by atoms with Gasteiger partial charge in [0.05, 0.1) is 0 Å². The zero-order chi connectivity index (χ0) is 18.2. The van der Waals surface area contributed by atoms with E-state index in [1.54, 1.807) is 18.7 Å². The van der Waals surface area contributed by atoms with Gasteiger partial charge in [-0.05, 0) is 32.6 Å². The predicted molar refractivity (Wildman–Crippen MR) is 96.9 cm³/mol. The first-order chi connectivity index (χ1) is 12.0. The van der Waals surface area contributed by atoms with Gasteiger partial charge in [0, 0.05) is 19.0 Å². The maximum absolute atomic E-state index is 12.7. The molecule has 2 rings (SSSR count). The molecule has 1 aliphatic heterocycles. The van der Waals surface area contributed by atoms with E-state index in [1.165, 1.54) is 32.1 Å². The lowest BCUT2D eigenvalue weighted by Crippen LogP contribution is -2.53. The van der Waals surface area contributed by atoms with Crippen molar-refractivity contribution in [3.8, 4) is 0 Å². The number of hydrogen-bond donors (Lipinski definition) is 2. The second-order valence-corrected chi connectivity index (χ2v) is 7.38. The van der Waals surface area contributed by atoms with Gasteiger partial charge in [-0.25, -0.2) is 0 Å². The Bertz CT molecular complexity index is 473. The quantitative estimate of drug-likeness (QED) is 0.796. The van der Waals surface area contributed by atoms with Gasteiger partial charge in [-0.15, -0.1) is 0 Å². The van der Waals surface area contributed by atoms with Gasteiger partial charge in [0.1, 0.15) is 12.1 Å². The number of carbonyl (C=O) groups is 3. The number of carbonyl (C=O) groups excluding carboxylic acids is 3. The third-order valence-corrected chi connectivity index (χ3v) is 5.36. The van der Waals surface area contributed by atoms with Crippen LogP contribution in [0.4, 0.5) is 0 Å². The summed E-state index contributed by atoms with van der Waals surface area (Å²) >= 11 is 0. The molecule has 2 atom stereocenters. The van der Waals surface area contributed by atoms with Gasteiger partial charge in [-0.1, -0.05) is 39.0 Å². The molecule has 3 amide bonds. The second kappa shape index (κ2) is 9.78. The highest BCUT2D eigenvalue weighted by atomic mass is 16.2. The molecule has 0 bridgehead atoms. The fourth-order valence-corrected chi connectivity index (χ4v) is 3.85. The van der Waals surface area contributed by atoms with Crippen LogP contribution >= 0.6 is 0 Å². The number of nitrogens with one attached hydrogen (secondary N) is 2. The standard InChI is InChI=1S/C19H33N3O3/c1-3-17(23)20-14(2)19(25)22-13-9-12-16(22)18(24)21-15-10-7-5-4-6-8-11-15/h14-16H,3-13H2,1-2H3,(H,20,23)(H,21,24)/t14-,16-/m0/s1. The van der Waals surface area contributed by atoms with Crippen LogP contribution in [0.3, 0.4) is 0 Å². The van der Waals surface area contributed by atoms with Crippen LogP contribution in [0.1, 0.15) is 78.1 Å². The van der Waals surface area contributed by atoms with Crippen molar-refractivity contribution < 1.29 is 14.4 Å². The van der Waals surface area contributed by atoms with Gasteiger partial charge in [-0.3, -0.25) is 14.4 Å². The number of nitrogens with zero attached hydrogens (tertiary/aromatic N) is 1. The monoisotopic (exact) mass is 351 g/mol. The number of likely N-dealkylation sites (tertiary alicyclic amines) is 1. The van der Waals surface area contributed by atoms with Gasteiger partial charge < -0.3 is 15.5 Å². The van der Waals surface area contributed by atoms with Crippen LogP contribution in [0.15, 0.2) is 0 Å². The molecule has 0 aromatic rings. The molecule has 0 aromatic heterocycles. The van der Waals surface area contributed by atoms with E-state index in [2.05, 4.69) is 10.6 Å². The summed E-state index contributed by atoms with van der Waals surface area (Å²) in [5, 5.41) is 5.88. The van der Waals surface area contributed by atoms with Gasteiger partial charge in [0.25, 0.3) is 0 Å². The number of amides is 3. The van der Waals surface area contributed by atoms with Gasteiger partial charge in [-0.2, -0.15) is 0 Å². The fourth-order valence-electron chi connectivity index (χ4n) is 3.85. The summed E-state index contributed by atoms with van der Waals surface area (Å²) in [5.41, 5.74) is 0. The first kappa shape index (κ1) is 19.7. The molecule has 25 heavy (non-hydrogen) atoms. The van der Waals surface area contributed by atoms with Crippen molar-refractivity contribution in [2.45, 2.75) is 96.2 Å². The predicted octanol–water partition coefficient (Wildman–Crippen LogP) is 2.12. The lowest BCUT2D eigenvalue weighted by molar-refractivity contribution is -0.141. The highest BCUT2D eigenvalue weighted by Crippen LogP contribution is 2.21. The van der Waals surface area contributed by atoms with E-state index in [9.17, 15) is 14.4 Å². The van der Waals surface area contributed by atoms with Crippen LogP contribution in [0.5, 0.6) is 0 Å². The molecule has 6 nitrogen and oxygen atoms in total. The average molecular weight is 351 g/mol. The van der Waals surface area contributed by atoms with E-state index in [1.807, 2.05) is 0 Å². The average Bonchev–Trinajstić information content (AvgIpc) is 3.05. The highest BCUT2D eigenvalue weighted by Gasteiger charge is 2.36. The van der Waals surface area contributed by atoms with Crippen LogP contribution in [0.2, 0.25) is 0 Å². The minimum absolute atomic E-state index is 0.0227. The Morgan fingerprint density at radius 1 is 1.00 bits per heavy atom. The normalized spacial score (nSPS) is 23.4. The molecule has 2 fully saturated rings. The Morgan fingerprint density at radius 2 is 1.64 bits per heavy atom. The largest absolute Gasteiger partial charge is 0.352 e. The molecule has 1 heterocycles. The maximum atomic E-state index is 12.7. The van der Waals surface area contributed by atoms with Crippen molar-refractivity contribution >= 4 is 17.7 Å². The molecule has 142 valence electrons. The van der Waals surface area contributed by atoms with Crippen LogP contribution in [0, 0.1) is 0 Å². The van der Waals surface area contributed by atoms with Gasteiger partial charge in [0.2, 0.25) is 17.7 Å². The molecule has 2 N–H and O–H groups in total. The van der Waals surface area contributed by atoms with E-state index < -0.39 is 6.04 Å². The summed E-state index contributed by atoms with van der Waals surface area (Å²) in [5.74, 6) is -0.321. The fraction of sp³-hybridized carbons (Fsp3) is 0.842. The molecule has 0 radical (unpaired) electrons. The second-order valence-electron chi connectivity index (χ2n) is 7.38. The van der Waals surface area contributed by atoms with Gasteiger partial charge in [0.15, 0.2) is 0 Å². The lowest BCUT2D eigenvalue weighted by atomic mass is 9.96. The van der Waals surface area contributed by atoms with Crippen LogP contribution < -0.4 is 10.6 Å². The molecule has 0 unspecified atom stereocenters. The Kier molecular flexibility index (Phi) is 7.72. The Morgan fingerprint density at radius 3 is 2.28 bits per heavy atom. The number of hydrogen-bond acceptors (Lipinski definition) is 3. The molecule has 1 aliphatic carbocycles. The molecule has 1 saturated heterocycles. The van der Waals surface area contributed by atoms with Crippen molar-refractivity contribution in [2.24, 2.45) is 0 Å². The first-order valence-electron chi connectivity index (χ1n) is 9.93. The summed E-state index contributed by atoms with van der Waals surface area (Å²) in [6, 6.07) is -0.733. The maximum Gasteiger partial charge on any atom is 0.245 e.